The molecule has 7 heteroatoms. The van der Waals surface area contributed by atoms with E-state index in [1.165, 1.54) is 56.5 Å². The van der Waals surface area contributed by atoms with Crippen LogP contribution in [0.4, 0.5) is 0 Å². The largest absolute Gasteiger partial charge is 0.429 e. The van der Waals surface area contributed by atoms with E-state index in [9.17, 15) is 10.0 Å². The molecule has 1 fully saturated rings. The average molecular weight is 446 g/mol. The van der Waals surface area contributed by atoms with Gasteiger partial charge in [-0.1, -0.05) is 55.0 Å². The van der Waals surface area contributed by atoms with E-state index < -0.39 is 5.91 Å². The molecule has 2 aromatic heterocycles. The number of amides is 1. The maximum atomic E-state index is 12.8. The summed E-state index contributed by atoms with van der Waals surface area (Å²) in [7, 11) is 0. The average Bonchev–Trinajstić information content (AvgIpc) is 2.86. The van der Waals surface area contributed by atoms with Gasteiger partial charge >= 0.3 is 0 Å². The quantitative estimate of drug-likeness (QED) is 0.396. The van der Waals surface area contributed by atoms with Gasteiger partial charge < -0.3 is 9.77 Å². The molecule has 30 heavy (non-hydrogen) atoms. The lowest BCUT2D eigenvalue weighted by molar-refractivity contribution is 0.0998. The number of carbonyl (C=O) groups is 1. The summed E-state index contributed by atoms with van der Waals surface area (Å²) in [6.45, 7) is 3.08. The number of aryl methyl sites for hydroxylation is 1. The second-order valence-corrected chi connectivity index (χ2v) is 8.97. The zero-order chi connectivity index (χ0) is 21.3. The number of halogens is 2. The van der Waals surface area contributed by atoms with Crippen molar-refractivity contribution in [1.29, 1.82) is 0 Å². The highest BCUT2D eigenvalue weighted by Gasteiger charge is 2.16. The summed E-state index contributed by atoms with van der Waals surface area (Å²) in [5, 5.41) is 11.0. The molecule has 1 amide bonds. The predicted molar refractivity (Wildman–Crippen MR) is 119 cm³/mol. The van der Waals surface area contributed by atoms with Gasteiger partial charge in [0, 0.05) is 29.2 Å². The van der Waals surface area contributed by atoms with E-state index in [1.807, 2.05) is 12.1 Å². The Labute approximate surface area is 185 Å². The molecule has 0 atom stereocenters. The van der Waals surface area contributed by atoms with Crippen LogP contribution in [-0.2, 0) is 6.54 Å². The Morgan fingerprint density at radius 1 is 1.10 bits per heavy atom. The van der Waals surface area contributed by atoms with E-state index in [0.717, 1.165) is 22.2 Å². The standard InChI is InChI=1S/C23H25Cl2N3O2/c1-15-11-27(12-16-6-4-2-3-5-7-16)21-10-17(8-9-18(15)21)23(29)26-22-19(24)13-28(30)14-20(22)25/h8-11,13-14,16,30H,2-7,12H2,1H3. The summed E-state index contributed by atoms with van der Waals surface area (Å²) in [4.78, 5) is 16.9. The number of benzene rings is 1. The summed E-state index contributed by atoms with van der Waals surface area (Å²) in [5.74, 6) is 0.259. The van der Waals surface area contributed by atoms with Gasteiger partial charge in [0.2, 0.25) is 0 Å². The van der Waals surface area contributed by atoms with Crippen LogP contribution in [0.3, 0.4) is 0 Å². The van der Waals surface area contributed by atoms with Crippen LogP contribution >= 0.6 is 23.2 Å². The highest BCUT2D eigenvalue weighted by Crippen LogP contribution is 2.28. The fourth-order valence-electron chi connectivity index (χ4n) is 4.36. The van der Waals surface area contributed by atoms with Crippen LogP contribution in [0.25, 0.3) is 10.9 Å². The van der Waals surface area contributed by atoms with Crippen molar-refractivity contribution in [3.8, 4) is 0 Å². The first-order valence-electron chi connectivity index (χ1n) is 10.4. The SMILES string of the molecule is Cc1cn(CC2CCCCCC2)c2cc(C(=O)N=c3c(Cl)cn(O)cc3Cl)ccc12. The van der Waals surface area contributed by atoms with Gasteiger partial charge in [-0.05, 0) is 43.4 Å². The van der Waals surface area contributed by atoms with Crippen LogP contribution in [0.15, 0.2) is 41.8 Å². The van der Waals surface area contributed by atoms with Crippen molar-refractivity contribution in [2.75, 3.05) is 0 Å². The van der Waals surface area contributed by atoms with Gasteiger partial charge in [0.05, 0.1) is 22.4 Å². The highest BCUT2D eigenvalue weighted by molar-refractivity contribution is 6.34. The topological polar surface area (TPSA) is 59.5 Å². The first-order chi connectivity index (χ1) is 14.4. The molecular formula is C23H25Cl2N3O2. The molecule has 1 aliphatic carbocycles. The molecule has 0 unspecified atom stereocenters. The van der Waals surface area contributed by atoms with Crippen LogP contribution in [0.2, 0.25) is 10.0 Å². The Hall–Kier alpha value is -2.24. The minimum Gasteiger partial charge on any atom is -0.429 e. The molecular weight excluding hydrogens is 421 g/mol. The lowest BCUT2D eigenvalue weighted by atomic mass is 10.0. The number of hydrogen-bond donors (Lipinski definition) is 1. The summed E-state index contributed by atoms with van der Waals surface area (Å²) >= 11 is 12.2. The van der Waals surface area contributed by atoms with Crippen molar-refractivity contribution >= 4 is 40.0 Å². The molecule has 3 aromatic rings. The molecule has 0 saturated heterocycles. The van der Waals surface area contributed by atoms with Crippen molar-refractivity contribution in [2.24, 2.45) is 10.9 Å². The molecule has 4 rings (SSSR count). The lowest BCUT2D eigenvalue weighted by Gasteiger charge is -2.16. The zero-order valence-electron chi connectivity index (χ0n) is 16.9. The van der Waals surface area contributed by atoms with E-state index in [4.69, 9.17) is 23.2 Å². The monoisotopic (exact) mass is 445 g/mol. The number of carbonyl (C=O) groups excluding carboxylic acids is 1. The summed E-state index contributed by atoms with van der Waals surface area (Å²) in [5.41, 5.74) is 2.74. The molecule has 158 valence electrons. The number of rotatable bonds is 3. The normalized spacial score (nSPS) is 15.3. The van der Waals surface area contributed by atoms with Crippen LogP contribution in [0.1, 0.15) is 54.4 Å². The van der Waals surface area contributed by atoms with E-state index in [2.05, 4.69) is 22.7 Å². The van der Waals surface area contributed by atoms with Crippen molar-refractivity contribution in [1.82, 2.24) is 9.30 Å². The molecule has 0 spiro atoms. The second-order valence-electron chi connectivity index (χ2n) is 8.15. The summed E-state index contributed by atoms with van der Waals surface area (Å²) in [6.07, 6.45) is 12.5. The maximum Gasteiger partial charge on any atom is 0.277 e. The van der Waals surface area contributed by atoms with Crippen molar-refractivity contribution in [3.05, 3.63) is 63.3 Å². The second kappa shape index (κ2) is 8.86. The molecule has 1 aromatic carbocycles. The van der Waals surface area contributed by atoms with E-state index in [0.29, 0.717) is 11.5 Å². The third-order valence-electron chi connectivity index (χ3n) is 5.92. The third kappa shape index (κ3) is 4.42. The molecule has 0 bridgehead atoms. The molecule has 1 saturated carbocycles. The minimum atomic E-state index is -0.420. The Morgan fingerprint density at radius 2 is 1.77 bits per heavy atom. The van der Waals surface area contributed by atoms with E-state index >= 15 is 0 Å². The number of nitrogens with zero attached hydrogens (tertiary/aromatic N) is 3. The van der Waals surface area contributed by atoms with Gasteiger partial charge in [-0.2, -0.15) is 4.73 Å². The fourth-order valence-corrected chi connectivity index (χ4v) is 4.90. The Balaban J connectivity index is 1.69. The number of aromatic nitrogens is 2. The summed E-state index contributed by atoms with van der Waals surface area (Å²) in [6, 6.07) is 5.67. The number of fused-ring (bicyclic) bond motifs is 1. The Morgan fingerprint density at radius 3 is 2.43 bits per heavy atom. The van der Waals surface area contributed by atoms with Gasteiger partial charge in [0.1, 0.15) is 5.36 Å². The predicted octanol–water partition coefficient (Wildman–Crippen LogP) is 6.01. The van der Waals surface area contributed by atoms with Crippen LogP contribution in [0, 0.1) is 12.8 Å². The fraction of sp³-hybridized carbons (Fsp3) is 0.391. The first kappa shape index (κ1) is 21.0. The molecule has 2 heterocycles. The van der Waals surface area contributed by atoms with Gasteiger partial charge in [-0.15, -0.1) is 0 Å². The molecule has 1 aliphatic rings. The Bertz CT molecular complexity index is 1130. The van der Waals surface area contributed by atoms with E-state index in [-0.39, 0.29) is 15.4 Å². The third-order valence-corrected chi connectivity index (χ3v) is 6.47. The van der Waals surface area contributed by atoms with Crippen molar-refractivity contribution < 1.29 is 10.0 Å². The molecule has 0 radical (unpaired) electrons. The molecule has 0 aliphatic heterocycles. The minimum absolute atomic E-state index is 0.104. The zero-order valence-corrected chi connectivity index (χ0v) is 18.5. The smallest absolute Gasteiger partial charge is 0.277 e. The number of hydrogen-bond acceptors (Lipinski definition) is 2. The van der Waals surface area contributed by atoms with Crippen molar-refractivity contribution in [2.45, 2.75) is 52.0 Å². The summed E-state index contributed by atoms with van der Waals surface area (Å²) < 4.78 is 3.03. The number of pyridine rings is 1. The van der Waals surface area contributed by atoms with Gasteiger partial charge in [-0.25, -0.2) is 4.99 Å². The van der Waals surface area contributed by atoms with E-state index in [1.54, 1.807) is 6.07 Å². The first-order valence-corrected chi connectivity index (χ1v) is 11.1. The van der Waals surface area contributed by atoms with Gasteiger partial charge in [0.25, 0.3) is 5.91 Å². The Kier molecular flexibility index (Phi) is 6.21. The highest BCUT2D eigenvalue weighted by atomic mass is 35.5. The maximum absolute atomic E-state index is 12.8. The van der Waals surface area contributed by atoms with Crippen LogP contribution in [-0.4, -0.2) is 20.4 Å². The van der Waals surface area contributed by atoms with Gasteiger partial charge in [-0.3, -0.25) is 4.79 Å². The molecule has 1 N–H and O–H groups in total. The molecule has 5 nitrogen and oxygen atoms in total. The van der Waals surface area contributed by atoms with Gasteiger partial charge in [0.15, 0.2) is 0 Å². The van der Waals surface area contributed by atoms with Crippen LogP contribution < -0.4 is 5.36 Å². The van der Waals surface area contributed by atoms with Crippen molar-refractivity contribution in [3.63, 3.8) is 0 Å². The van der Waals surface area contributed by atoms with Crippen LogP contribution in [0.5, 0.6) is 0 Å². The lowest BCUT2D eigenvalue weighted by Crippen LogP contribution is -2.13.